The molecule has 0 aromatic heterocycles. The van der Waals surface area contributed by atoms with Gasteiger partial charge in [-0.25, -0.2) is 0 Å². The van der Waals surface area contributed by atoms with Crippen LogP contribution in [0.2, 0.25) is 0 Å². The van der Waals surface area contributed by atoms with Crippen molar-refractivity contribution in [2.45, 2.75) is 13.8 Å². The molecule has 2 rings (SSSR count). The number of aryl methyl sites for hydroxylation is 1. The Morgan fingerprint density at radius 2 is 2.08 bits per heavy atom. The lowest BCUT2D eigenvalue weighted by Crippen LogP contribution is -2.14. The van der Waals surface area contributed by atoms with Crippen LogP contribution >= 0.6 is 15.9 Å². The third-order valence-corrected chi connectivity index (χ3v) is 3.94. The first-order chi connectivity index (χ1) is 11.5. The molecule has 0 atom stereocenters. The molecule has 0 saturated heterocycles. The van der Waals surface area contributed by atoms with Crippen molar-refractivity contribution in [1.82, 2.24) is 0 Å². The van der Waals surface area contributed by atoms with Crippen molar-refractivity contribution in [2.24, 2.45) is 0 Å². The standard InChI is InChI=1S/C19H17BrN2O2/c1-3-24-18-9-8-14(11-16(18)20)10-15(12-21)19(23)22-17-7-5-4-6-13(17)2/h4-11H,3H2,1-2H3,(H,22,23)/b15-10-. The molecule has 122 valence electrons. The highest BCUT2D eigenvalue weighted by molar-refractivity contribution is 9.10. The zero-order valence-electron chi connectivity index (χ0n) is 13.5. The number of hydrogen-bond donors (Lipinski definition) is 1. The van der Waals surface area contributed by atoms with Crippen LogP contribution in [0.3, 0.4) is 0 Å². The summed E-state index contributed by atoms with van der Waals surface area (Å²) in [6, 6.07) is 14.8. The van der Waals surface area contributed by atoms with E-state index < -0.39 is 5.91 Å². The molecule has 5 heteroatoms. The van der Waals surface area contributed by atoms with Gasteiger partial charge in [-0.15, -0.1) is 0 Å². The van der Waals surface area contributed by atoms with Crippen molar-refractivity contribution < 1.29 is 9.53 Å². The Morgan fingerprint density at radius 3 is 2.71 bits per heavy atom. The van der Waals surface area contributed by atoms with E-state index in [4.69, 9.17) is 4.74 Å². The quantitative estimate of drug-likeness (QED) is 0.599. The first kappa shape index (κ1) is 17.8. The molecule has 0 aliphatic rings. The van der Waals surface area contributed by atoms with Crippen LogP contribution in [0.5, 0.6) is 5.75 Å². The topological polar surface area (TPSA) is 62.1 Å². The molecule has 0 unspecified atom stereocenters. The number of halogens is 1. The van der Waals surface area contributed by atoms with Gasteiger partial charge in [-0.1, -0.05) is 24.3 Å². The van der Waals surface area contributed by atoms with Crippen molar-refractivity contribution in [2.75, 3.05) is 11.9 Å². The zero-order valence-corrected chi connectivity index (χ0v) is 15.1. The van der Waals surface area contributed by atoms with Crippen LogP contribution in [0, 0.1) is 18.3 Å². The monoisotopic (exact) mass is 384 g/mol. The highest BCUT2D eigenvalue weighted by atomic mass is 79.9. The number of carbonyl (C=O) groups excluding carboxylic acids is 1. The van der Waals surface area contributed by atoms with Crippen LogP contribution in [0.1, 0.15) is 18.1 Å². The summed E-state index contributed by atoms with van der Waals surface area (Å²) in [7, 11) is 0. The van der Waals surface area contributed by atoms with Crippen molar-refractivity contribution in [3.8, 4) is 11.8 Å². The third kappa shape index (κ3) is 4.46. The molecule has 2 aromatic rings. The summed E-state index contributed by atoms with van der Waals surface area (Å²) in [5.41, 5.74) is 2.40. The van der Waals surface area contributed by atoms with Crippen LogP contribution in [-0.4, -0.2) is 12.5 Å². The highest BCUT2D eigenvalue weighted by Gasteiger charge is 2.11. The number of hydrogen-bond acceptors (Lipinski definition) is 3. The largest absolute Gasteiger partial charge is 0.493 e. The Kier molecular flexibility index (Phi) is 6.16. The lowest BCUT2D eigenvalue weighted by molar-refractivity contribution is -0.112. The van der Waals surface area contributed by atoms with E-state index in [-0.39, 0.29) is 5.57 Å². The van der Waals surface area contributed by atoms with Gasteiger partial charge in [-0.3, -0.25) is 4.79 Å². The van der Waals surface area contributed by atoms with Crippen molar-refractivity contribution in [3.63, 3.8) is 0 Å². The number of anilines is 1. The highest BCUT2D eigenvalue weighted by Crippen LogP contribution is 2.27. The van der Waals surface area contributed by atoms with Crippen LogP contribution in [0.15, 0.2) is 52.5 Å². The maximum atomic E-state index is 12.3. The summed E-state index contributed by atoms with van der Waals surface area (Å²) >= 11 is 3.42. The Morgan fingerprint density at radius 1 is 1.33 bits per heavy atom. The fraction of sp³-hybridized carbons (Fsp3) is 0.158. The lowest BCUT2D eigenvalue weighted by Gasteiger charge is -2.08. The zero-order chi connectivity index (χ0) is 17.5. The average molecular weight is 385 g/mol. The van der Waals surface area contributed by atoms with Crippen LogP contribution in [0.4, 0.5) is 5.69 Å². The van der Waals surface area contributed by atoms with Gasteiger partial charge < -0.3 is 10.1 Å². The number of ether oxygens (including phenoxy) is 1. The predicted molar refractivity (Wildman–Crippen MR) is 98.7 cm³/mol. The molecule has 0 fully saturated rings. The van der Waals surface area contributed by atoms with Gasteiger partial charge in [0.2, 0.25) is 0 Å². The Balaban J connectivity index is 2.23. The number of rotatable bonds is 5. The maximum absolute atomic E-state index is 12.3. The summed E-state index contributed by atoms with van der Waals surface area (Å²) < 4.78 is 6.22. The second-order valence-corrected chi connectivity index (χ2v) is 5.92. The second-order valence-electron chi connectivity index (χ2n) is 5.06. The molecule has 0 radical (unpaired) electrons. The van der Waals surface area contributed by atoms with Gasteiger partial charge in [0.1, 0.15) is 17.4 Å². The molecular formula is C19H17BrN2O2. The van der Waals surface area contributed by atoms with Crippen LogP contribution in [-0.2, 0) is 4.79 Å². The van der Waals surface area contributed by atoms with E-state index in [9.17, 15) is 10.1 Å². The smallest absolute Gasteiger partial charge is 0.266 e. The number of nitrogens with one attached hydrogen (secondary N) is 1. The van der Waals surface area contributed by atoms with Crippen molar-refractivity contribution in [3.05, 3.63) is 63.6 Å². The Labute approximate surface area is 149 Å². The minimum atomic E-state index is -0.434. The fourth-order valence-electron chi connectivity index (χ4n) is 2.10. The molecule has 24 heavy (non-hydrogen) atoms. The molecule has 2 aromatic carbocycles. The van der Waals surface area contributed by atoms with Gasteiger partial charge in [0.05, 0.1) is 11.1 Å². The van der Waals surface area contributed by atoms with Crippen molar-refractivity contribution in [1.29, 1.82) is 5.26 Å². The molecule has 0 aliphatic carbocycles. The van der Waals surface area contributed by atoms with E-state index in [0.717, 1.165) is 21.3 Å². The minimum absolute atomic E-state index is 0.0364. The summed E-state index contributed by atoms with van der Waals surface area (Å²) in [5, 5.41) is 12.1. The first-order valence-electron chi connectivity index (χ1n) is 7.46. The summed E-state index contributed by atoms with van der Waals surface area (Å²) in [6.45, 7) is 4.37. The SMILES string of the molecule is CCOc1ccc(/C=C(/C#N)C(=O)Nc2ccccc2C)cc1Br. The number of para-hydroxylation sites is 1. The van der Waals surface area contributed by atoms with E-state index in [0.29, 0.717) is 12.3 Å². The molecule has 0 saturated carbocycles. The lowest BCUT2D eigenvalue weighted by atomic mass is 10.1. The molecule has 0 spiro atoms. The van der Waals surface area contributed by atoms with Gasteiger partial charge in [0.15, 0.2) is 0 Å². The van der Waals surface area contributed by atoms with E-state index in [1.54, 1.807) is 24.3 Å². The van der Waals surface area contributed by atoms with Gasteiger partial charge in [-0.05, 0) is 65.2 Å². The van der Waals surface area contributed by atoms with Gasteiger partial charge in [-0.2, -0.15) is 5.26 Å². The molecule has 0 bridgehead atoms. The number of nitriles is 1. The van der Waals surface area contributed by atoms with E-state index in [2.05, 4.69) is 21.2 Å². The number of amides is 1. The van der Waals surface area contributed by atoms with Crippen LogP contribution in [0.25, 0.3) is 6.08 Å². The Bertz CT molecular complexity index is 822. The van der Waals surface area contributed by atoms with Crippen LogP contribution < -0.4 is 10.1 Å². The number of carbonyl (C=O) groups is 1. The molecular weight excluding hydrogens is 368 g/mol. The summed E-state index contributed by atoms with van der Waals surface area (Å²) in [6.07, 6.45) is 1.55. The third-order valence-electron chi connectivity index (χ3n) is 3.33. The number of benzene rings is 2. The Hall–Kier alpha value is -2.58. The van der Waals surface area contributed by atoms with E-state index >= 15 is 0 Å². The normalized spacial score (nSPS) is 10.8. The summed E-state index contributed by atoms with van der Waals surface area (Å²) in [4.78, 5) is 12.3. The summed E-state index contributed by atoms with van der Waals surface area (Å²) in [5.74, 6) is 0.286. The first-order valence-corrected chi connectivity index (χ1v) is 8.25. The average Bonchev–Trinajstić information content (AvgIpc) is 2.57. The van der Waals surface area contributed by atoms with Gasteiger partial charge in [0, 0.05) is 5.69 Å². The maximum Gasteiger partial charge on any atom is 0.266 e. The molecule has 1 N–H and O–H groups in total. The molecule has 4 nitrogen and oxygen atoms in total. The minimum Gasteiger partial charge on any atom is -0.493 e. The van der Waals surface area contributed by atoms with Crippen molar-refractivity contribution >= 4 is 33.6 Å². The number of nitrogens with zero attached hydrogens (tertiary/aromatic N) is 1. The predicted octanol–water partition coefficient (Wildman–Crippen LogP) is 4.70. The molecule has 0 aliphatic heterocycles. The second kappa shape index (κ2) is 8.32. The fourth-order valence-corrected chi connectivity index (χ4v) is 2.61. The van der Waals surface area contributed by atoms with E-state index in [1.165, 1.54) is 0 Å². The molecule has 1 amide bonds. The van der Waals surface area contributed by atoms with Gasteiger partial charge in [0.25, 0.3) is 5.91 Å². The van der Waals surface area contributed by atoms with Gasteiger partial charge >= 0.3 is 0 Å². The van der Waals surface area contributed by atoms with E-state index in [1.807, 2.05) is 44.2 Å². The molecule has 0 heterocycles.